The number of methoxy groups -OCH3 is 1. The molecule has 0 radical (unpaired) electrons. The van der Waals surface area contributed by atoms with Crippen molar-refractivity contribution in [2.75, 3.05) is 7.11 Å². The second-order valence-electron chi connectivity index (χ2n) is 6.31. The number of benzene rings is 1. The van der Waals surface area contributed by atoms with Gasteiger partial charge in [-0.1, -0.05) is 35.9 Å². The van der Waals surface area contributed by atoms with E-state index in [1.54, 1.807) is 36.5 Å². The van der Waals surface area contributed by atoms with Crippen molar-refractivity contribution in [2.45, 2.75) is 6.54 Å². The van der Waals surface area contributed by atoms with E-state index in [-0.39, 0.29) is 23.4 Å². The normalized spacial score (nSPS) is 11.0. The Labute approximate surface area is 170 Å². The molecule has 3 heterocycles. The zero-order valence-electron chi connectivity index (χ0n) is 15.3. The van der Waals surface area contributed by atoms with Crippen molar-refractivity contribution in [1.82, 2.24) is 9.38 Å². The van der Waals surface area contributed by atoms with Crippen molar-refractivity contribution in [3.05, 3.63) is 87.8 Å². The Kier molecular flexibility index (Phi) is 4.90. The Hall–Kier alpha value is -3.45. The van der Waals surface area contributed by atoms with E-state index in [1.807, 2.05) is 0 Å². The monoisotopic (exact) mass is 411 g/mol. The lowest BCUT2D eigenvalue weighted by Crippen LogP contribution is -2.44. The molecule has 3 aromatic heterocycles. The molecule has 0 bridgehead atoms. The van der Waals surface area contributed by atoms with Crippen LogP contribution in [0.25, 0.3) is 16.8 Å². The smallest absolute Gasteiger partial charge is 0.349 e. The van der Waals surface area contributed by atoms with Gasteiger partial charge in [0.05, 0.1) is 19.2 Å². The van der Waals surface area contributed by atoms with Crippen molar-refractivity contribution in [3.63, 3.8) is 0 Å². The van der Waals surface area contributed by atoms with E-state index in [0.29, 0.717) is 16.4 Å². The summed E-state index contributed by atoms with van der Waals surface area (Å²) in [5.41, 5.74) is 0.0957. The number of nitrogens with zero attached hydrogens (tertiary/aromatic N) is 3. The molecule has 0 aliphatic heterocycles. The molecule has 29 heavy (non-hydrogen) atoms. The minimum atomic E-state index is -0.764. The van der Waals surface area contributed by atoms with E-state index in [9.17, 15) is 14.3 Å². The van der Waals surface area contributed by atoms with Gasteiger partial charge < -0.3 is 9.84 Å². The molecular formula is C21H15ClFN3O3. The van der Waals surface area contributed by atoms with Crippen molar-refractivity contribution in [1.29, 1.82) is 0 Å². The summed E-state index contributed by atoms with van der Waals surface area (Å²) in [6, 6.07) is 12.7. The summed E-state index contributed by atoms with van der Waals surface area (Å²) >= 11 is 5.83. The third-order valence-corrected chi connectivity index (χ3v) is 4.81. The summed E-state index contributed by atoms with van der Waals surface area (Å²) < 4.78 is 22.6. The van der Waals surface area contributed by atoms with Crippen molar-refractivity contribution >= 4 is 17.2 Å². The van der Waals surface area contributed by atoms with Crippen LogP contribution in [-0.2, 0) is 6.54 Å². The fraction of sp³-hybridized carbons (Fsp3) is 0.0952. The minimum absolute atomic E-state index is 0.0482. The van der Waals surface area contributed by atoms with Crippen LogP contribution >= 0.6 is 11.6 Å². The van der Waals surface area contributed by atoms with Gasteiger partial charge >= 0.3 is 5.56 Å². The van der Waals surface area contributed by atoms with Crippen LogP contribution in [0.2, 0.25) is 5.15 Å². The summed E-state index contributed by atoms with van der Waals surface area (Å²) in [4.78, 5) is 17.1. The molecule has 0 aliphatic carbocycles. The van der Waals surface area contributed by atoms with Gasteiger partial charge in [-0.2, -0.15) is 4.40 Å². The molecule has 0 atom stereocenters. The van der Waals surface area contributed by atoms with Crippen molar-refractivity contribution < 1.29 is 18.8 Å². The zero-order valence-corrected chi connectivity index (χ0v) is 16.1. The van der Waals surface area contributed by atoms with Crippen LogP contribution < -0.4 is 20.0 Å². The third kappa shape index (κ3) is 3.30. The topological polar surface area (TPSA) is 70.5 Å². The average molecular weight is 412 g/mol. The zero-order chi connectivity index (χ0) is 20.5. The largest absolute Gasteiger partial charge is 0.842 e. The molecule has 4 aromatic rings. The minimum Gasteiger partial charge on any atom is -0.842 e. The van der Waals surface area contributed by atoms with Crippen molar-refractivity contribution in [2.24, 2.45) is 0 Å². The fourth-order valence-corrected chi connectivity index (χ4v) is 3.32. The summed E-state index contributed by atoms with van der Waals surface area (Å²) in [6.07, 6.45) is 3.08. The Morgan fingerprint density at radius 1 is 1.21 bits per heavy atom. The number of rotatable bonds is 4. The quantitative estimate of drug-likeness (QED) is 0.382. The Morgan fingerprint density at radius 3 is 2.76 bits per heavy atom. The van der Waals surface area contributed by atoms with Crippen LogP contribution in [0.4, 0.5) is 4.39 Å². The number of halogens is 2. The maximum atomic E-state index is 14.9. The molecule has 0 aliphatic rings. The molecule has 146 valence electrons. The van der Waals surface area contributed by atoms with Crippen LogP contribution in [0, 0.1) is 5.82 Å². The van der Waals surface area contributed by atoms with Gasteiger partial charge in [-0.05, 0) is 18.2 Å². The molecule has 0 spiro atoms. The van der Waals surface area contributed by atoms with E-state index < -0.39 is 17.3 Å². The van der Waals surface area contributed by atoms with Crippen LogP contribution in [0.1, 0.15) is 5.56 Å². The van der Waals surface area contributed by atoms with Gasteiger partial charge in [0, 0.05) is 23.4 Å². The van der Waals surface area contributed by atoms with E-state index in [0.717, 1.165) is 0 Å². The van der Waals surface area contributed by atoms with Gasteiger partial charge in [0.1, 0.15) is 17.3 Å². The van der Waals surface area contributed by atoms with Gasteiger partial charge in [-0.3, -0.25) is 0 Å². The molecule has 8 heteroatoms. The van der Waals surface area contributed by atoms with Gasteiger partial charge in [0.25, 0.3) is 5.65 Å². The summed E-state index contributed by atoms with van der Waals surface area (Å²) in [5, 5.41) is 13.7. The first-order chi connectivity index (χ1) is 14.0. The highest BCUT2D eigenvalue weighted by atomic mass is 35.5. The van der Waals surface area contributed by atoms with E-state index in [1.165, 1.54) is 40.5 Å². The highest BCUT2D eigenvalue weighted by Gasteiger charge is 2.23. The number of ether oxygens (including phenoxy) is 1. The predicted octanol–water partition coefficient (Wildman–Crippen LogP) is 2.57. The summed E-state index contributed by atoms with van der Waals surface area (Å²) in [7, 11) is 1.32. The van der Waals surface area contributed by atoms with Gasteiger partial charge in [-0.25, -0.2) is 18.7 Å². The number of hydrogen-bond acceptors (Lipinski definition) is 4. The lowest BCUT2D eigenvalue weighted by atomic mass is 10.1. The van der Waals surface area contributed by atoms with Crippen LogP contribution in [0.5, 0.6) is 11.6 Å². The molecule has 0 saturated heterocycles. The summed E-state index contributed by atoms with van der Waals surface area (Å²) in [6.45, 7) is 0.134. The van der Waals surface area contributed by atoms with E-state index >= 15 is 0 Å². The molecule has 1 aromatic carbocycles. The number of pyridine rings is 2. The number of aromatic nitrogens is 3. The number of fused-ring (bicyclic) bond motifs is 1. The maximum absolute atomic E-state index is 14.9. The van der Waals surface area contributed by atoms with Crippen LogP contribution in [0.15, 0.2) is 65.7 Å². The van der Waals surface area contributed by atoms with Gasteiger partial charge in [-0.15, -0.1) is 0 Å². The Balaban J connectivity index is 2.02. The Morgan fingerprint density at radius 2 is 2.03 bits per heavy atom. The molecule has 0 fully saturated rings. The van der Waals surface area contributed by atoms with Crippen LogP contribution in [-0.4, -0.2) is 16.5 Å². The molecule has 0 unspecified atom stereocenters. The average Bonchev–Trinajstić information content (AvgIpc) is 2.74. The molecule has 0 amide bonds. The number of hydrogen-bond donors (Lipinski definition) is 0. The molecule has 6 nitrogen and oxygen atoms in total. The molecule has 0 saturated carbocycles. The summed E-state index contributed by atoms with van der Waals surface area (Å²) in [5.74, 6) is -1.42. The van der Waals surface area contributed by atoms with Crippen molar-refractivity contribution in [3.8, 4) is 22.8 Å². The fourth-order valence-electron chi connectivity index (χ4n) is 3.20. The Bertz CT molecular complexity index is 1270. The SMILES string of the molecule is COc1cccc(-c2c([O-])[n+](Cc3ccc(Cl)nc3)c3ccccn3c2=O)c1F. The molecule has 0 N–H and O–H groups in total. The van der Waals surface area contributed by atoms with Gasteiger partial charge in [0.2, 0.25) is 0 Å². The highest BCUT2D eigenvalue weighted by molar-refractivity contribution is 6.29. The van der Waals surface area contributed by atoms with E-state index in [4.69, 9.17) is 16.3 Å². The molecule has 4 rings (SSSR count). The van der Waals surface area contributed by atoms with Crippen LogP contribution in [0.3, 0.4) is 0 Å². The standard InChI is InChI=1S/C21H15ClFN3O3/c1-29-15-6-4-5-14(19(15)23)18-20(27)25-10-3-2-7-17(25)26(21(18)28)12-13-8-9-16(22)24-11-13/h2-11H,12H2,1H3. The maximum Gasteiger partial charge on any atom is 0.349 e. The first kappa shape index (κ1) is 18.9. The highest BCUT2D eigenvalue weighted by Crippen LogP contribution is 2.30. The first-order valence-electron chi connectivity index (χ1n) is 8.68. The second-order valence-corrected chi connectivity index (χ2v) is 6.70. The lowest BCUT2D eigenvalue weighted by Gasteiger charge is -2.18. The lowest BCUT2D eigenvalue weighted by molar-refractivity contribution is -0.708. The predicted molar refractivity (Wildman–Crippen MR) is 104 cm³/mol. The second kappa shape index (κ2) is 7.52. The first-order valence-corrected chi connectivity index (χ1v) is 9.06. The van der Waals surface area contributed by atoms with Gasteiger partial charge in [0.15, 0.2) is 11.6 Å². The van der Waals surface area contributed by atoms with E-state index in [2.05, 4.69) is 4.98 Å². The molecular weight excluding hydrogens is 397 g/mol. The third-order valence-electron chi connectivity index (χ3n) is 4.59.